The quantitative estimate of drug-likeness (QED) is 0.773. The standard InChI is InChI=1S/C11H14N4O/c1-7-13-11(14-15(7)2)8-4-5-10(16-3)9(12)6-8/h4-6H,12H2,1-3H3. The van der Waals surface area contributed by atoms with Crippen LogP contribution in [0.25, 0.3) is 11.4 Å². The first-order valence-electron chi connectivity index (χ1n) is 4.93. The highest BCUT2D eigenvalue weighted by Crippen LogP contribution is 2.26. The molecule has 5 heteroatoms. The number of ether oxygens (including phenoxy) is 1. The van der Waals surface area contributed by atoms with Crippen molar-refractivity contribution in [3.8, 4) is 17.1 Å². The van der Waals surface area contributed by atoms with E-state index in [1.807, 2.05) is 32.2 Å². The van der Waals surface area contributed by atoms with Crippen molar-refractivity contribution >= 4 is 5.69 Å². The topological polar surface area (TPSA) is 66.0 Å². The molecule has 2 N–H and O–H groups in total. The molecule has 1 aromatic carbocycles. The lowest BCUT2D eigenvalue weighted by Gasteiger charge is -2.04. The van der Waals surface area contributed by atoms with Crippen LogP contribution in [0, 0.1) is 6.92 Å². The van der Waals surface area contributed by atoms with Crippen LogP contribution in [0.5, 0.6) is 5.75 Å². The highest BCUT2D eigenvalue weighted by atomic mass is 16.5. The Kier molecular flexibility index (Phi) is 2.52. The number of aryl methyl sites for hydroxylation is 2. The Morgan fingerprint density at radius 3 is 2.62 bits per heavy atom. The van der Waals surface area contributed by atoms with Gasteiger partial charge in [0.2, 0.25) is 0 Å². The van der Waals surface area contributed by atoms with Gasteiger partial charge in [0.05, 0.1) is 12.8 Å². The second kappa shape index (κ2) is 3.84. The van der Waals surface area contributed by atoms with Crippen LogP contribution in [0.15, 0.2) is 18.2 Å². The van der Waals surface area contributed by atoms with E-state index in [0.717, 1.165) is 11.4 Å². The number of rotatable bonds is 2. The number of anilines is 1. The second-order valence-electron chi connectivity index (χ2n) is 3.56. The lowest BCUT2D eigenvalue weighted by molar-refractivity contribution is 0.417. The van der Waals surface area contributed by atoms with E-state index in [-0.39, 0.29) is 0 Å². The minimum atomic E-state index is 0.588. The first-order valence-corrected chi connectivity index (χ1v) is 4.93. The Balaban J connectivity index is 2.45. The van der Waals surface area contributed by atoms with Gasteiger partial charge in [0, 0.05) is 12.6 Å². The molecule has 0 spiro atoms. The van der Waals surface area contributed by atoms with E-state index >= 15 is 0 Å². The van der Waals surface area contributed by atoms with Crippen molar-refractivity contribution in [3.63, 3.8) is 0 Å². The normalized spacial score (nSPS) is 10.4. The Bertz CT molecular complexity index is 499. The number of hydrogen-bond acceptors (Lipinski definition) is 4. The van der Waals surface area contributed by atoms with E-state index in [2.05, 4.69) is 10.1 Å². The van der Waals surface area contributed by atoms with Crippen LogP contribution in [-0.2, 0) is 7.05 Å². The summed E-state index contributed by atoms with van der Waals surface area (Å²) in [5.41, 5.74) is 7.31. The summed E-state index contributed by atoms with van der Waals surface area (Å²) < 4.78 is 6.83. The number of hydrogen-bond donors (Lipinski definition) is 1. The molecule has 0 saturated heterocycles. The molecular formula is C11H14N4O. The Morgan fingerprint density at radius 2 is 2.12 bits per heavy atom. The number of nitrogen functional groups attached to an aromatic ring is 1. The molecule has 0 unspecified atom stereocenters. The summed E-state index contributed by atoms with van der Waals surface area (Å²) in [5, 5.41) is 4.29. The zero-order chi connectivity index (χ0) is 11.7. The maximum absolute atomic E-state index is 5.83. The number of nitrogens with two attached hydrogens (primary N) is 1. The van der Waals surface area contributed by atoms with Gasteiger partial charge in [-0.2, -0.15) is 5.10 Å². The smallest absolute Gasteiger partial charge is 0.181 e. The molecule has 0 fully saturated rings. The van der Waals surface area contributed by atoms with Crippen molar-refractivity contribution in [2.75, 3.05) is 12.8 Å². The summed E-state index contributed by atoms with van der Waals surface area (Å²) in [6, 6.07) is 5.52. The predicted molar refractivity (Wildman–Crippen MR) is 62.1 cm³/mol. The van der Waals surface area contributed by atoms with Crippen molar-refractivity contribution in [1.29, 1.82) is 0 Å². The third kappa shape index (κ3) is 1.71. The highest BCUT2D eigenvalue weighted by Gasteiger charge is 2.08. The predicted octanol–water partition coefficient (Wildman–Crippen LogP) is 1.38. The Hall–Kier alpha value is -2.04. The molecule has 0 amide bonds. The summed E-state index contributed by atoms with van der Waals surface area (Å²) in [4.78, 5) is 4.33. The van der Waals surface area contributed by atoms with Gasteiger partial charge in [0.1, 0.15) is 11.6 Å². The molecule has 0 aliphatic rings. The summed E-state index contributed by atoms with van der Waals surface area (Å²) in [6.07, 6.45) is 0. The first kappa shape index (κ1) is 10.5. The van der Waals surface area contributed by atoms with Crippen LogP contribution < -0.4 is 10.5 Å². The molecule has 0 aliphatic heterocycles. The van der Waals surface area contributed by atoms with Crippen LogP contribution in [0.4, 0.5) is 5.69 Å². The van der Waals surface area contributed by atoms with Crippen molar-refractivity contribution in [3.05, 3.63) is 24.0 Å². The second-order valence-corrected chi connectivity index (χ2v) is 3.56. The van der Waals surface area contributed by atoms with Gasteiger partial charge in [0.15, 0.2) is 5.82 Å². The Labute approximate surface area is 93.9 Å². The van der Waals surface area contributed by atoms with E-state index < -0.39 is 0 Å². The zero-order valence-corrected chi connectivity index (χ0v) is 9.56. The maximum atomic E-state index is 5.83. The molecule has 16 heavy (non-hydrogen) atoms. The monoisotopic (exact) mass is 218 g/mol. The molecule has 2 aromatic rings. The summed E-state index contributed by atoms with van der Waals surface area (Å²) in [6.45, 7) is 1.91. The van der Waals surface area contributed by atoms with E-state index in [1.165, 1.54) is 0 Å². The zero-order valence-electron chi connectivity index (χ0n) is 9.56. The molecule has 5 nitrogen and oxygen atoms in total. The molecule has 84 valence electrons. The van der Waals surface area contributed by atoms with Gasteiger partial charge in [0.25, 0.3) is 0 Å². The average Bonchev–Trinajstić information content (AvgIpc) is 2.59. The molecule has 1 heterocycles. The van der Waals surface area contributed by atoms with E-state index in [9.17, 15) is 0 Å². The largest absolute Gasteiger partial charge is 0.495 e. The van der Waals surface area contributed by atoms with Gasteiger partial charge in [-0.05, 0) is 25.1 Å². The van der Waals surface area contributed by atoms with Crippen LogP contribution in [-0.4, -0.2) is 21.9 Å². The fourth-order valence-corrected chi connectivity index (χ4v) is 1.46. The number of nitrogens with zero attached hydrogens (tertiary/aromatic N) is 3. The van der Waals surface area contributed by atoms with Gasteiger partial charge < -0.3 is 10.5 Å². The van der Waals surface area contributed by atoms with Crippen molar-refractivity contribution in [1.82, 2.24) is 14.8 Å². The lowest BCUT2D eigenvalue weighted by atomic mass is 10.2. The summed E-state index contributed by atoms with van der Waals surface area (Å²) in [7, 11) is 3.45. The molecular weight excluding hydrogens is 204 g/mol. The van der Waals surface area contributed by atoms with Gasteiger partial charge in [-0.3, -0.25) is 4.68 Å². The minimum Gasteiger partial charge on any atom is -0.495 e. The number of benzene rings is 1. The number of methoxy groups -OCH3 is 1. The van der Waals surface area contributed by atoms with Gasteiger partial charge in [-0.1, -0.05) is 0 Å². The Morgan fingerprint density at radius 1 is 1.38 bits per heavy atom. The average molecular weight is 218 g/mol. The van der Waals surface area contributed by atoms with Crippen LogP contribution >= 0.6 is 0 Å². The van der Waals surface area contributed by atoms with Gasteiger partial charge in [-0.25, -0.2) is 4.98 Å². The van der Waals surface area contributed by atoms with Crippen LogP contribution in [0.3, 0.4) is 0 Å². The van der Waals surface area contributed by atoms with Crippen molar-refractivity contribution < 1.29 is 4.74 Å². The van der Waals surface area contributed by atoms with E-state index in [4.69, 9.17) is 10.5 Å². The molecule has 0 saturated carbocycles. The molecule has 0 aliphatic carbocycles. The molecule has 2 rings (SSSR count). The fourth-order valence-electron chi connectivity index (χ4n) is 1.46. The van der Waals surface area contributed by atoms with Crippen LogP contribution in [0.2, 0.25) is 0 Å². The highest BCUT2D eigenvalue weighted by molar-refractivity contribution is 5.66. The molecule has 1 aromatic heterocycles. The third-order valence-electron chi connectivity index (χ3n) is 2.47. The summed E-state index contributed by atoms with van der Waals surface area (Å²) in [5.74, 6) is 2.20. The third-order valence-corrected chi connectivity index (χ3v) is 2.47. The lowest BCUT2D eigenvalue weighted by Crippen LogP contribution is -1.94. The maximum Gasteiger partial charge on any atom is 0.181 e. The SMILES string of the molecule is COc1ccc(-c2nc(C)n(C)n2)cc1N. The molecule has 0 radical (unpaired) electrons. The fraction of sp³-hybridized carbons (Fsp3) is 0.273. The van der Waals surface area contributed by atoms with Crippen molar-refractivity contribution in [2.45, 2.75) is 6.92 Å². The minimum absolute atomic E-state index is 0.588. The van der Waals surface area contributed by atoms with E-state index in [1.54, 1.807) is 11.8 Å². The van der Waals surface area contributed by atoms with Gasteiger partial charge in [-0.15, -0.1) is 0 Å². The number of aromatic nitrogens is 3. The molecule has 0 bridgehead atoms. The van der Waals surface area contributed by atoms with Crippen molar-refractivity contribution in [2.24, 2.45) is 7.05 Å². The van der Waals surface area contributed by atoms with Crippen LogP contribution in [0.1, 0.15) is 5.82 Å². The van der Waals surface area contributed by atoms with E-state index in [0.29, 0.717) is 17.3 Å². The molecule has 0 atom stereocenters. The summed E-state index contributed by atoms with van der Waals surface area (Å²) >= 11 is 0. The van der Waals surface area contributed by atoms with Gasteiger partial charge >= 0.3 is 0 Å². The first-order chi connectivity index (χ1) is 7.61.